The van der Waals surface area contributed by atoms with E-state index in [2.05, 4.69) is 4.98 Å². The summed E-state index contributed by atoms with van der Waals surface area (Å²) in [7, 11) is 0. The Hall–Kier alpha value is -1.09. The maximum atomic E-state index is 9.01. The highest BCUT2D eigenvalue weighted by Gasteiger charge is 2.40. The molecule has 0 aromatic carbocycles. The monoisotopic (exact) mass is 219 g/mol. The molecule has 3 rings (SSSR count). The first-order valence-corrected chi connectivity index (χ1v) is 6.07. The minimum absolute atomic E-state index is 0.0199. The van der Waals surface area contributed by atoms with Gasteiger partial charge in [0.2, 0.25) is 0 Å². The minimum Gasteiger partial charge on any atom is -0.490 e. The molecule has 0 saturated heterocycles. The van der Waals surface area contributed by atoms with E-state index in [4.69, 9.17) is 9.84 Å². The lowest BCUT2D eigenvalue weighted by atomic mass is 9.98. The van der Waals surface area contributed by atoms with Gasteiger partial charge in [0.05, 0.1) is 12.3 Å². The van der Waals surface area contributed by atoms with Gasteiger partial charge < -0.3 is 9.84 Å². The van der Waals surface area contributed by atoms with Crippen LogP contribution in [0.1, 0.15) is 31.4 Å². The Morgan fingerprint density at radius 3 is 3.00 bits per heavy atom. The summed E-state index contributed by atoms with van der Waals surface area (Å²) in [6, 6.07) is 3.72. The summed E-state index contributed by atoms with van der Waals surface area (Å²) in [6.45, 7) is -0.0199. The van der Waals surface area contributed by atoms with Gasteiger partial charge in [-0.25, -0.2) is 0 Å². The molecular formula is C13H17NO2. The molecule has 2 aliphatic rings. The highest BCUT2D eigenvalue weighted by molar-refractivity contribution is 5.23. The normalized spacial score (nSPS) is 31.9. The van der Waals surface area contributed by atoms with Crippen LogP contribution in [0.5, 0.6) is 5.75 Å². The van der Waals surface area contributed by atoms with Crippen LogP contribution < -0.4 is 4.74 Å². The van der Waals surface area contributed by atoms with Gasteiger partial charge in [0, 0.05) is 12.3 Å². The van der Waals surface area contributed by atoms with Crippen LogP contribution in [-0.4, -0.2) is 16.2 Å². The summed E-state index contributed by atoms with van der Waals surface area (Å²) in [6.07, 6.45) is 7.38. The van der Waals surface area contributed by atoms with Crippen LogP contribution in [0, 0.1) is 11.8 Å². The second-order valence-electron chi connectivity index (χ2n) is 4.97. The molecule has 0 amide bonds. The van der Waals surface area contributed by atoms with Crippen LogP contribution in [0.2, 0.25) is 0 Å². The van der Waals surface area contributed by atoms with E-state index in [-0.39, 0.29) is 6.61 Å². The topological polar surface area (TPSA) is 42.4 Å². The molecular weight excluding hydrogens is 202 g/mol. The van der Waals surface area contributed by atoms with E-state index in [0.29, 0.717) is 11.8 Å². The molecule has 2 bridgehead atoms. The number of aliphatic hydroxyl groups excluding tert-OH is 1. The van der Waals surface area contributed by atoms with E-state index in [1.807, 2.05) is 12.1 Å². The molecule has 16 heavy (non-hydrogen) atoms. The number of rotatable bonds is 3. The molecule has 2 saturated carbocycles. The van der Waals surface area contributed by atoms with Gasteiger partial charge >= 0.3 is 0 Å². The van der Waals surface area contributed by atoms with Gasteiger partial charge in [0.25, 0.3) is 0 Å². The highest BCUT2D eigenvalue weighted by Crippen LogP contribution is 2.45. The average molecular weight is 219 g/mol. The maximum absolute atomic E-state index is 9.01. The molecule has 86 valence electrons. The second kappa shape index (κ2) is 4.06. The van der Waals surface area contributed by atoms with Crippen molar-refractivity contribution in [3.63, 3.8) is 0 Å². The van der Waals surface area contributed by atoms with Crippen molar-refractivity contribution in [3.8, 4) is 5.75 Å². The molecule has 1 N–H and O–H groups in total. The smallest absolute Gasteiger partial charge is 0.123 e. The molecule has 1 heterocycles. The summed E-state index contributed by atoms with van der Waals surface area (Å²) >= 11 is 0. The number of hydrogen-bond donors (Lipinski definition) is 1. The van der Waals surface area contributed by atoms with Crippen molar-refractivity contribution in [3.05, 3.63) is 24.0 Å². The summed E-state index contributed by atoms with van der Waals surface area (Å²) in [4.78, 5) is 4.05. The first-order chi connectivity index (χ1) is 7.85. The summed E-state index contributed by atoms with van der Waals surface area (Å²) in [5.74, 6) is 2.52. The van der Waals surface area contributed by atoms with Gasteiger partial charge in [-0.1, -0.05) is 0 Å². The number of fused-ring (bicyclic) bond motifs is 2. The fourth-order valence-electron chi connectivity index (χ4n) is 3.12. The number of aliphatic hydroxyl groups is 1. The van der Waals surface area contributed by atoms with Crippen molar-refractivity contribution in [2.24, 2.45) is 11.8 Å². The van der Waals surface area contributed by atoms with Gasteiger partial charge in [-0.2, -0.15) is 0 Å². The lowest BCUT2D eigenvalue weighted by molar-refractivity contribution is 0.138. The third-order valence-corrected chi connectivity index (χ3v) is 3.91. The van der Waals surface area contributed by atoms with Crippen LogP contribution in [0.3, 0.4) is 0 Å². The van der Waals surface area contributed by atoms with Crippen molar-refractivity contribution in [2.75, 3.05) is 0 Å². The zero-order valence-electron chi connectivity index (χ0n) is 9.30. The van der Waals surface area contributed by atoms with Crippen LogP contribution in [-0.2, 0) is 6.61 Å². The molecule has 0 aliphatic heterocycles. The van der Waals surface area contributed by atoms with Gasteiger partial charge in [-0.15, -0.1) is 0 Å². The summed E-state index contributed by atoms with van der Waals surface area (Å²) in [5, 5.41) is 9.01. The molecule has 2 aliphatic carbocycles. The zero-order valence-corrected chi connectivity index (χ0v) is 9.30. The predicted octanol–water partition coefficient (Wildman–Crippen LogP) is 2.14. The number of aromatic nitrogens is 1. The quantitative estimate of drug-likeness (QED) is 0.847. The minimum atomic E-state index is -0.0199. The standard InChI is InChI=1S/C13H17NO2/c15-8-11-7-12(3-4-14-11)16-13-6-9-1-2-10(13)5-9/h3-4,7,9-10,13,15H,1-2,5-6,8H2/t9?,10?,13-/m1/s1. The van der Waals surface area contributed by atoms with Gasteiger partial charge in [-0.05, 0) is 43.6 Å². The molecule has 0 radical (unpaired) electrons. The predicted molar refractivity (Wildman–Crippen MR) is 60.0 cm³/mol. The lowest BCUT2D eigenvalue weighted by Crippen LogP contribution is -2.23. The molecule has 3 heteroatoms. The summed E-state index contributed by atoms with van der Waals surface area (Å²) in [5.41, 5.74) is 0.681. The van der Waals surface area contributed by atoms with Crippen molar-refractivity contribution in [1.82, 2.24) is 4.98 Å². The van der Waals surface area contributed by atoms with E-state index in [1.165, 1.54) is 25.7 Å². The van der Waals surface area contributed by atoms with Gasteiger partial charge in [-0.3, -0.25) is 4.98 Å². The fourth-order valence-corrected chi connectivity index (χ4v) is 3.12. The number of nitrogens with zero attached hydrogens (tertiary/aromatic N) is 1. The third-order valence-electron chi connectivity index (χ3n) is 3.91. The van der Waals surface area contributed by atoms with Crippen molar-refractivity contribution in [2.45, 2.75) is 38.4 Å². The zero-order chi connectivity index (χ0) is 11.0. The SMILES string of the molecule is OCc1cc(O[C@@H]2CC3CCC2C3)ccn1. The maximum Gasteiger partial charge on any atom is 0.123 e. The molecule has 2 fully saturated rings. The van der Waals surface area contributed by atoms with Crippen LogP contribution in [0.4, 0.5) is 0 Å². The van der Waals surface area contributed by atoms with Gasteiger partial charge in [0.1, 0.15) is 11.9 Å². The molecule has 1 aromatic rings. The van der Waals surface area contributed by atoms with Crippen molar-refractivity contribution < 1.29 is 9.84 Å². The largest absolute Gasteiger partial charge is 0.490 e. The summed E-state index contributed by atoms with van der Waals surface area (Å²) < 4.78 is 6.00. The number of hydrogen-bond acceptors (Lipinski definition) is 3. The third kappa shape index (κ3) is 1.80. The van der Waals surface area contributed by atoms with Crippen molar-refractivity contribution >= 4 is 0 Å². The van der Waals surface area contributed by atoms with Crippen LogP contribution in [0.15, 0.2) is 18.3 Å². The molecule has 0 spiro atoms. The Bertz CT molecular complexity index is 380. The van der Waals surface area contributed by atoms with Crippen LogP contribution in [0.25, 0.3) is 0 Å². The number of pyridine rings is 1. The van der Waals surface area contributed by atoms with E-state index in [9.17, 15) is 0 Å². The van der Waals surface area contributed by atoms with E-state index in [0.717, 1.165) is 17.6 Å². The van der Waals surface area contributed by atoms with Crippen molar-refractivity contribution in [1.29, 1.82) is 0 Å². The molecule has 2 unspecified atom stereocenters. The van der Waals surface area contributed by atoms with Crippen LogP contribution >= 0.6 is 0 Å². The average Bonchev–Trinajstić information content (AvgIpc) is 2.91. The Morgan fingerprint density at radius 2 is 2.31 bits per heavy atom. The molecule has 3 nitrogen and oxygen atoms in total. The Kier molecular flexibility index (Phi) is 2.56. The fraction of sp³-hybridized carbons (Fsp3) is 0.615. The highest BCUT2D eigenvalue weighted by atomic mass is 16.5. The Morgan fingerprint density at radius 1 is 1.38 bits per heavy atom. The Balaban J connectivity index is 1.69. The molecule has 1 aromatic heterocycles. The van der Waals surface area contributed by atoms with Gasteiger partial charge in [0.15, 0.2) is 0 Å². The molecule has 3 atom stereocenters. The first kappa shape index (κ1) is 10.1. The first-order valence-electron chi connectivity index (χ1n) is 6.07. The van der Waals surface area contributed by atoms with E-state index in [1.54, 1.807) is 6.20 Å². The lowest BCUT2D eigenvalue weighted by Gasteiger charge is -2.23. The second-order valence-corrected chi connectivity index (χ2v) is 4.97. The van der Waals surface area contributed by atoms with E-state index < -0.39 is 0 Å². The Labute approximate surface area is 95.5 Å². The number of ether oxygens (including phenoxy) is 1. The van der Waals surface area contributed by atoms with E-state index >= 15 is 0 Å².